The third kappa shape index (κ3) is 3.93. The summed E-state index contributed by atoms with van der Waals surface area (Å²) in [4.78, 5) is 13.5. The summed E-state index contributed by atoms with van der Waals surface area (Å²) in [5.74, 6) is 2.44. The van der Waals surface area contributed by atoms with Gasteiger partial charge in [0.25, 0.3) is 0 Å². The van der Waals surface area contributed by atoms with Crippen LogP contribution in [0.15, 0.2) is 18.2 Å². The molecular formula is C14H18N2O. The largest absolute Gasteiger partial charge is 0.314 e. The summed E-state index contributed by atoms with van der Waals surface area (Å²) >= 11 is 0. The summed E-state index contributed by atoms with van der Waals surface area (Å²) < 4.78 is 0. The quantitative estimate of drug-likeness (QED) is 0.628. The first-order valence-corrected chi connectivity index (χ1v) is 5.53. The van der Waals surface area contributed by atoms with Gasteiger partial charge in [0.15, 0.2) is 0 Å². The van der Waals surface area contributed by atoms with Crippen LogP contribution in [0.25, 0.3) is 0 Å². The molecule has 0 spiro atoms. The van der Waals surface area contributed by atoms with Crippen molar-refractivity contribution in [2.75, 3.05) is 25.0 Å². The first-order chi connectivity index (χ1) is 8.04. The van der Waals surface area contributed by atoms with Crippen LogP contribution in [0.1, 0.15) is 11.1 Å². The van der Waals surface area contributed by atoms with E-state index in [1.165, 1.54) is 0 Å². The molecule has 1 rings (SSSR count). The number of anilines is 1. The van der Waals surface area contributed by atoms with Crippen molar-refractivity contribution in [3.63, 3.8) is 0 Å². The van der Waals surface area contributed by atoms with Gasteiger partial charge in [0.05, 0.1) is 13.1 Å². The van der Waals surface area contributed by atoms with E-state index in [0.29, 0.717) is 6.54 Å². The van der Waals surface area contributed by atoms with Crippen LogP contribution in [-0.2, 0) is 4.79 Å². The number of nitrogens with one attached hydrogen (secondary N) is 1. The third-order valence-electron chi connectivity index (χ3n) is 2.47. The predicted molar refractivity (Wildman–Crippen MR) is 71.0 cm³/mol. The Morgan fingerprint density at radius 1 is 1.35 bits per heavy atom. The lowest BCUT2D eigenvalue weighted by atomic mass is 10.1. The molecule has 17 heavy (non-hydrogen) atoms. The summed E-state index contributed by atoms with van der Waals surface area (Å²) in [7, 11) is 1.77. The molecule has 1 aromatic rings. The van der Waals surface area contributed by atoms with E-state index in [4.69, 9.17) is 6.42 Å². The fourth-order valence-electron chi connectivity index (χ4n) is 1.65. The minimum atomic E-state index is 0.00486. The van der Waals surface area contributed by atoms with Gasteiger partial charge in [-0.3, -0.25) is 10.1 Å². The van der Waals surface area contributed by atoms with Crippen molar-refractivity contribution in [3.05, 3.63) is 29.3 Å². The second-order valence-corrected chi connectivity index (χ2v) is 4.11. The molecule has 0 bridgehead atoms. The summed E-state index contributed by atoms with van der Waals surface area (Å²) in [5.41, 5.74) is 3.21. The Hall–Kier alpha value is -1.79. The first kappa shape index (κ1) is 13.3. The number of carbonyl (C=O) groups is 1. The monoisotopic (exact) mass is 230 g/mol. The van der Waals surface area contributed by atoms with Gasteiger partial charge in [-0.15, -0.1) is 6.42 Å². The highest BCUT2D eigenvalue weighted by Crippen LogP contribution is 2.17. The van der Waals surface area contributed by atoms with Gasteiger partial charge in [-0.1, -0.05) is 12.0 Å². The van der Waals surface area contributed by atoms with Crippen molar-refractivity contribution in [1.82, 2.24) is 5.32 Å². The van der Waals surface area contributed by atoms with Gasteiger partial charge < -0.3 is 4.90 Å². The van der Waals surface area contributed by atoms with Crippen LogP contribution in [0, 0.1) is 26.2 Å². The molecular weight excluding hydrogens is 212 g/mol. The molecule has 3 nitrogen and oxygen atoms in total. The van der Waals surface area contributed by atoms with E-state index >= 15 is 0 Å². The fraction of sp³-hybridized carbons (Fsp3) is 0.357. The highest BCUT2D eigenvalue weighted by Gasteiger charge is 2.10. The lowest BCUT2D eigenvalue weighted by Crippen LogP contribution is -2.35. The van der Waals surface area contributed by atoms with Crippen LogP contribution in [0.5, 0.6) is 0 Å². The lowest BCUT2D eigenvalue weighted by Gasteiger charge is -2.18. The standard InChI is InChI=1S/C14H18N2O/c1-5-6-15-10-14(17)16(4)13-8-11(2)7-12(3)9-13/h1,7-9,15H,6,10H2,2-4H3. The van der Waals surface area contributed by atoms with E-state index in [9.17, 15) is 4.79 Å². The van der Waals surface area contributed by atoms with Crippen LogP contribution in [0.4, 0.5) is 5.69 Å². The molecule has 1 aromatic carbocycles. The zero-order chi connectivity index (χ0) is 12.8. The maximum Gasteiger partial charge on any atom is 0.240 e. The predicted octanol–water partition coefficient (Wildman–Crippen LogP) is 1.49. The molecule has 0 aliphatic rings. The van der Waals surface area contributed by atoms with Gasteiger partial charge in [-0.25, -0.2) is 0 Å². The Kier molecular flexibility index (Phi) is 4.74. The summed E-state index contributed by atoms with van der Waals surface area (Å²) in [6.07, 6.45) is 5.10. The first-order valence-electron chi connectivity index (χ1n) is 5.53. The average Bonchev–Trinajstić information content (AvgIpc) is 2.27. The number of carbonyl (C=O) groups excluding carboxylic acids is 1. The zero-order valence-corrected chi connectivity index (χ0v) is 10.6. The summed E-state index contributed by atoms with van der Waals surface area (Å²) in [5, 5.41) is 2.89. The molecule has 0 aliphatic carbocycles. The number of likely N-dealkylation sites (N-methyl/N-ethyl adjacent to an activating group) is 1. The molecule has 0 saturated carbocycles. The Balaban J connectivity index is 2.71. The highest BCUT2D eigenvalue weighted by atomic mass is 16.2. The van der Waals surface area contributed by atoms with E-state index in [0.717, 1.165) is 16.8 Å². The third-order valence-corrected chi connectivity index (χ3v) is 2.47. The van der Waals surface area contributed by atoms with Gasteiger partial charge in [0, 0.05) is 12.7 Å². The van der Waals surface area contributed by atoms with Crippen molar-refractivity contribution >= 4 is 11.6 Å². The Labute approximate surface area is 103 Å². The van der Waals surface area contributed by atoms with Gasteiger partial charge >= 0.3 is 0 Å². The van der Waals surface area contributed by atoms with Crippen LogP contribution < -0.4 is 10.2 Å². The van der Waals surface area contributed by atoms with Gasteiger partial charge in [-0.05, 0) is 37.1 Å². The average molecular weight is 230 g/mol. The number of terminal acetylenes is 1. The Morgan fingerprint density at radius 2 is 1.94 bits per heavy atom. The van der Waals surface area contributed by atoms with E-state index in [1.54, 1.807) is 11.9 Å². The molecule has 1 amide bonds. The van der Waals surface area contributed by atoms with Crippen LogP contribution in [-0.4, -0.2) is 26.0 Å². The lowest BCUT2D eigenvalue weighted by molar-refractivity contribution is -0.117. The number of hydrogen-bond acceptors (Lipinski definition) is 2. The van der Waals surface area contributed by atoms with E-state index in [2.05, 4.69) is 17.3 Å². The summed E-state index contributed by atoms with van der Waals surface area (Å²) in [6.45, 7) is 4.71. The molecule has 0 aliphatic heterocycles. The van der Waals surface area contributed by atoms with Gasteiger partial charge in [-0.2, -0.15) is 0 Å². The second-order valence-electron chi connectivity index (χ2n) is 4.11. The van der Waals surface area contributed by atoms with E-state index in [1.807, 2.05) is 26.0 Å². The normalized spacial score (nSPS) is 9.76. The summed E-state index contributed by atoms with van der Waals surface area (Å²) in [6, 6.07) is 6.07. The number of nitrogens with zero attached hydrogens (tertiary/aromatic N) is 1. The maximum atomic E-state index is 11.8. The number of hydrogen-bond donors (Lipinski definition) is 1. The maximum absolute atomic E-state index is 11.8. The number of benzene rings is 1. The minimum Gasteiger partial charge on any atom is -0.314 e. The van der Waals surface area contributed by atoms with Crippen LogP contribution in [0.3, 0.4) is 0 Å². The molecule has 0 fully saturated rings. The Bertz CT molecular complexity index is 426. The van der Waals surface area contributed by atoms with Crippen molar-refractivity contribution in [2.24, 2.45) is 0 Å². The van der Waals surface area contributed by atoms with Crippen molar-refractivity contribution in [2.45, 2.75) is 13.8 Å². The van der Waals surface area contributed by atoms with Crippen molar-refractivity contribution < 1.29 is 4.79 Å². The molecule has 0 heterocycles. The van der Waals surface area contributed by atoms with E-state index in [-0.39, 0.29) is 12.5 Å². The molecule has 0 aromatic heterocycles. The molecule has 0 saturated heterocycles. The van der Waals surface area contributed by atoms with Crippen LogP contribution in [0.2, 0.25) is 0 Å². The van der Waals surface area contributed by atoms with Crippen LogP contribution >= 0.6 is 0 Å². The minimum absolute atomic E-state index is 0.00486. The highest BCUT2D eigenvalue weighted by molar-refractivity contribution is 5.94. The van der Waals surface area contributed by atoms with Crippen molar-refractivity contribution in [1.29, 1.82) is 0 Å². The number of amides is 1. The SMILES string of the molecule is C#CCNCC(=O)N(C)c1cc(C)cc(C)c1. The smallest absolute Gasteiger partial charge is 0.240 e. The van der Waals surface area contributed by atoms with Gasteiger partial charge in [0.1, 0.15) is 0 Å². The molecule has 90 valence electrons. The molecule has 0 radical (unpaired) electrons. The Morgan fingerprint density at radius 3 is 2.47 bits per heavy atom. The topological polar surface area (TPSA) is 32.3 Å². The van der Waals surface area contributed by atoms with Gasteiger partial charge in [0.2, 0.25) is 5.91 Å². The molecule has 3 heteroatoms. The zero-order valence-electron chi connectivity index (χ0n) is 10.6. The second kappa shape index (κ2) is 6.07. The van der Waals surface area contributed by atoms with Crippen molar-refractivity contribution in [3.8, 4) is 12.3 Å². The molecule has 0 atom stereocenters. The number of aryl methyl sites for hydroxylation is 2. The van der Waals surface area contributed by atoms with E-state index < -0.39 is 0 Å². The molecule has 1 N–H and O–H groups in total. The fourth-order valence-corrected chi connectivity index (χ4v) is 1.65. The molecule has 0 unspecified atom stereocenters. The number of rotatable bonds is 4.